The highest BCUT2D eigenvalue weighted by molar-refractivity contribution is 5.77. The zero-order valence-corrected chi connectivity index (χ0v) is 55.4. The maximum atomic E-state index is 13.7. The highest BCUT2D eigenvalue weighted by Gasteiger charge is 2.63. The van der Waals surface area contributed by atoms with Crippen molar-refractivity contribution in [2.75, 3.05) is 52.9 Å². The van der Waals surface area contributed by atoms with Gasteiger partial charge < -0.3 is 210 Å². The Morgan fingerprint density at radius 2 is 0.903 bits per heavy atom. The summed E-state index contributed by atoms with van der Waals surface area (Å²) in [5.41, 5.74) is 0. The number of aliphatic hydroxyl groups is 24. The smallest absolute Gasteiger partial charge is 0.364 e. The summed E-state index contributed by atoms with van der Waals surface area (Å²) in [6, 6.07) is -5.65. The topological polar surface area (TPSA) is 739 Å². The molecule has 0 bridgehead atoms. The Kier molecular flexibility index (Phi) is 31.7. The monoisotopic (exact) mass is 1510 g/mol. The van der Waals surface area contributed by atoms with Crippen LogP contribution in [0.15, 0.2) is 0 Å². The number of carboxylic acid groups (broad SMARTS) is 1. The molecule has 7 saturated heterocycles. The van der Waals surface area contributed by atoms with Crippen molar-refractivity contribution in [3.8, 4) is 0 Å². The van der Waals surface area contributed by atoms with Crippen LogP contribution in [0.2, 0.25) is 0 Å². The molecular formula is C57H97N3O43. The van der Waals surface area contributed by atoms with E-state index in [1.54, 1.807) is 0 Å². The number of ether oxygens (including phenoxy) is 14. The fourth-order valence-electron chi connectivity index (χ4n) is 12.8. The molecule has 28 N–H and O–H groups in total. The van der Waals surface area contributed by atoms with Crippen molar-refractivity contribution in [3.05, 3.63) is 0 Å². The molecule has 7 fully saturated rings. The highest BCUT2D eigenvalue weighted by Crippen LogP contribution is 2.42. The lowest BCUT2D eigenvalue weighted by Crippen LogP contribution is -2.72. The van der Waals surface area contributed by atoms with E-state index in [-0.39, 0.29) is 0 Å². The first-order chi connectivity index (χ1) is 48.5. The van der Waals surface area contributed by atoms with Crippen molar-refractivity contribution >= 4 is 23.7 Å². The Morgan fingerprint density at radius 3 is 1.46 bits per heavy atom. The van der Waals surface area contributed by atoms with Gasteiger partial charge in [-0.05, 0) is 6.92 Å². The molecule has 7 aliphatic rings. The van der Waals surface area contributed by atoms with Crippen LogP contribution in [0.25, 0.3) is 0 Å². The van der Waals surface area contributed by atoms with E-state index >= 15 is 0 Å². The fraction of sp³-hybridized carbons (Fsp3) is 0.930. The number of carboxylic acids is 1. The molecular weight excluding hydrogens is 1410 g/mol. The van der Waals surface area contributed by atoms with Crippen LogP contribution in [0, 0.1) is 0 Å². The number of hydrogen-bond acceptors (Lipinski definition) is 42. The van der Waals surface area contributed by atoms with Gasteiger partial charge in [-0.2, -0.15) is 0 Å². The van der Waals surface area contributed by atoms with Gasteiger partial charge in [-0.1, -0.05) is 0 Å². The van der Waals surface area contributed by atoms with Gasteiger partial charge in [0.15, 0.2) is 37.7 Å². The average molecular weight is 1510 g/mol. The number of aliphatic carboxylic acids is 1. The molecule has 7 rings (SSSR count). The average Bonchev–Trinajstić information content (AvgIpc) is 0.747. The summed E-state index contributed by atoms with van der Waals surface area (Å²) in [4.78, 5) is 51.6. The fourth-order valence-corrected chi connectivity index (χ4v) is 12.8. The third kappa shape index (κ3) is 19.5. The molecule has 7 aliphatic heterocycles. The zero-order chi connectivity index (χ0) is 76.7. The van der Waals surface area contributed by atoms with E-state index in [2.05, 4.69) is 16.0 Å². The Hall–Kier alpha value is -3.64. The Morgan fingerprint density at radius 1 is 0.437 bits per heavy atom. The van der Waals surface area contributed by atoms with Gasteiger partial charge in [0, 0.05) is 27.2 Å². The van der Waals surface area contributed by atoms with Crippen molar-refractivity contribution in [2.24, 2.45) is 0 Å². The quantitative estimate of drug-likeness (QED) is 0.0306. The molecule has 0 unspecified atom stereocenters. The maximum Gasteiger partial charge on any atom is 0.364 e. The van der Waals surface area contributed by atoms with Crippen LogP contribution >= 0.6 is 0 Å². The molecule has 0 aromatic carbocycles. The van der Waals surface area contributed by atoms with Crippen LogP contribution in [0.3, 0.4) is 0 Å². The third-order valence-corrected chi connectivity index (χ3v) is 18.4. The van der Waals surface area contributed by atoms with Crippen LogP contribution < -0.4 is 16.0 Å². The van der Waals surface area contributed by atoms with Gasteiger partial charge in [0.05, 0.1) is 71.1 Å². The largest absolute Gasteiger partial charge is 0.477 e. The lowest BCUT2D eigenvalue weighted by molar-refractivity contribution is -0.400. The number of amides is 3. The predicted molar refractivity (Wildman–Crippen MR) is 317 cm³/mol. The van der Waals surface area contributed by atoms with Crippen LogP contribution in [0.4, 0.5) is 0 Å². The van der Waals surface area contributed by atoms with E-state index in [0.29, 0.717) is 0 Å². The molecule has 0 spiro atoms. The van der Waals surface area contributed by atoms with Crippen molar-refractivity contribution < 1.29 is 213 Å². The summed E-state index contributed by atoms with van der Waals surface area (Å²) < 4.78 is 82.3. The normalized spacial score (nSPS) is 45.1. The van der Waals surface area contributed by atoms with E-state index in [9.17, 15) is 147 Å². The maximum absolute atomic E-state index is 13.7. The highest BCUT2D eigenvalue weighted by atomic mass is 16.8. The van der Waals surface area contributed by atoms with Crippen LogP contribution in [0.5, 0.6) is 0 Å². The Bertz CT molecular complexity index is 2670. The molecule has 0 saturated carbocycles. The molecule has 103 heavy (non-hydrogen) atoms. The van der Waals surface area contributed by atoms with Crippen molar-refractivity contribution in [3.63, 3.8) is 0 Å². The van der Waals surface area contributed by atoms with Gasteiger partial charge in [-0.25, -0.2) is 4.79 Å². The lowest BCUT2D eigenvalue weighted by Gasteiger charge is -2.52. The van der Waals surface area contributed by atoms with Gasteiger partial charge in [0.1, 0.15) is 183 Å². The minimum absolute atomic E-state index is 0.900. The van der Waals surface area contributed by atoms with E-state index in [1.165, 1.54) is 6.92 Å². The van der Waals surface area contributed by atoms with Crippen LogP contribution in [-0.4, -0.2) is 449 Å². The van der Waals surface area contributed by atoms with Crippen LogP contribution in [0.1, 0.15) is 34.1 Å². The molecule has 0 aromatic heterocycles. The summed E-state index contributed by atoms with van der Waals surface area (Å²) in [5, 5.41) is 280. The molecule has 7 heterocycles. The van der Waals surface area contributed by atoms with E-state index in [0.717, 1.165) is 20.8 Å². The predicted octanol–water partition coefficient (Wildman–Crippen LogP) is -18.2. The number of rotatable bonds is 31. The Labute approximate surface area is 583 Å². The van der Waals surface area contributed by atoms with Crippen molar-refractivity contribution in [1.82, 2.24) is 16.0 Å². The minimum Gasteiger partial charge on any atom is -0.477 e. The van der Waals surface area contributed by atoms with Gasteiger partial charge in [0.25, 0.3) is 5.79 Å². The standard InChI is InChI=1S/C57H97N3O43/c1-14-30(75)38(83)40(85)52(91-14)101-49-39(84)34(79)23(10-65)93-55(49)100-47-35(80)26(96-53(41(47)86)97-43(21(74)8-63)31(76)19(72)6-61)13-90-50-29(60-17(4)70)37(82)44(24(11-66)94-50)98-54-42(87)48(45(25(12-67)95-54)99-51-28(59-16(3)69)36(81)33(78)22(9-64)92-51)103-57(56(88)89)5-18(71)27(58-15(2)68)46(102-57)32(77)20(73)7-62/h14,18-55,61-67,71-87H,5-13H2,1-4H3,(H,58,68)(H,59,69)(H,60,70)(H,88,89)/t14-,18-,19-,20+,21+,22+,23+,24+,25+,26+,27+,28+,29+,30+,31+,32+,33-,34-,35-,36+,37+,38+,39-,40-,41+,42+,43+,44+,45-,46+,47-,48+,49+,50+,51-,52-,53-,54-,55-,57-/m0/s1. The SMILES string of the molecule is CC(=O)N[C@H]1[C@H](OC[C@H]2O[C@@H](O[C@@H]([C@H](O)[C@@H](O)CO)[C@H](O)CO)[C@H](O)[C@@H](O[C@@H]3O[C@H](CO)[C@H](O)[C@H](O)[C@H]3O[C@@H]3O[C@@H](C)[C@@H](O)[C@@H](O)[C@@H]3O)[C@H]2O)O[C@H](CO)[C@@H](O[C@@H]2O[C@H](CO)[C@H](O[C@@H]3O[C@H](CO)[C@H](O)[C@H](O)[C@H]3NC(C)=O)[C@H](O[C@]3(C(=O)O)C[C@H](O)[C@@H](NC(C)=O)[C@H]([C@H](O)[C@H](O)CO)O3)[C@H]2O)[C@@H]1O. The molecule has 0 aliphatic carbocycles. The molecule has 598 valence electrons. The van der Waals surface area contributed by atoms with E-state index in [4.69, 9.17) is 66.3 Å². The lowest BCUT2D eigenvalue weighted by atomic mass is 9.88. The summed E-state index contributed by atoms with van der Waals surface area (Å²) in [7, 11) is 0. The first kappa shape index (κ1) is 86.6. The van der Waals surface area contributed by atoms with Crippen molar-refractivity contribution in [1.29, 1.82) is 0 Å². The molecule has 3 amide bonds. The van der Waals surface area contributed by atoms with Gasteiger partial charge in [-0.15, -0.1) is 0 Å². The summed E-state index contributed by atoms with van der Waals surface area (Å²) in [5.74, 6) is -8.46. The number of nitrogens with one attached hydrogen (secondary N) is 3. The Balaban J connectivity index is 1.23. The summed E-state index contributed by atoms with van der Waals surface area (Å²) in [6.07, 6.45) is -78.8. The second kappa shape index (κ2) is 37.7. The van der Waals surface area contributed by atoms with E-state index < -0.39 is 328 Å². The molecule has 46 heteroatoms. The van der Waals surface area contributed by atoms with E-state index in [1.807, 2.05) is 0 Å². The number of aliphatic hydroxyl groups excluding tert-OH is 24. The third-order valence-electron chi connectivity index (χ3n) is 18.4. The molecule has 0 radical (unpaired) electrons. The molecule has 40 atom stereocenters. The number of carbonyl (C=O) groups is 4. The number of hydrogen-bond donors (Lipinski definition) is 28. The second-order valence-corrected chi connectivity index (χ2v) is 25.8. The summed E-state index contributed by atoms with van der Waals surface area (Å²) >= 11 is 0. The van der Waals surface area contributed by atoms with Crippen molar-refractivity contribution in [2.45, 2.75) is 279 Å². The molecule has 0 aromatic rings. The van der Waals surface area contributed by atoms with Gasteiger partial charge in [0.2, 0.25) is 17.7 Å². The van der Waals surface area contributed by atoms with Crippen LogP contribution in [-0.2, 0) is 85.5 Å². The molecule has 46 nitrogen and oxygen atoms in total. The first-order valence-electron chi connectivity index (χ1n) is 32.5. The van der Waals surface area contributed by atoms with Gasteiger partial charge in [-0.3, -0.25) is 14.4 Å². The minimum atomic E-state index is -3.43. The summed E-state index contributed by atoms with van der Waals surface area (Å²) in [6.45, 7) is -5.52. The zero-order valence-electron chi connectivity index (χ0n) is 55.4. The van der Waals surface area contributed by atoms with Gasteiger partial charge >= 0.3 is 5.97 Å². The second-order valence-electron chi connectivity index (χ2n) is 25.8. The number of carbonyl (C=O) groups excluding carboxylic acids is 3. The first-order valence-corrected chi connectivity index (χ1v) is 32.5.